The van der Waals surface area contributed by atoms with E-state index in [1.807, 2.05) is 6.20 Å². The third-order valence-electron chi connectivity index (χ3n) is 4.36. The molecule has 0 bridgehead atoms. The molecule has 2 rings (SSSR count). The van der Waals surface area contributed by atoms with Crippen LogP contribution in [0.2, 0.25) is 0 Å². The molecule has 108 valence electrons. The number of nitrogens with one attached hydrogen (secondary N) is 1. The molecule has 1 fully saturated rings. The van der Waals surface area contributed by atoms with E-state index in [4.69, 9.17) is 0 Å². The van der Waals surface area contributed by atoms with Crippen LogP contribution in [0.15, 0.2) is 12.4 Å². The van der Waals surface area contributed by atoms with E-state index >= 15 is 0 Å². The molecule has 3 unspecified atom stereocenters. The number of hydrogen-bond donors (Lipinski definition) is 1. The van der Waals surface area contributed by atoms with Gasteiger partial charge in [-0.3, -0.25) is 0 Å². The number of imidazole rings is 1. The van der Waals surface area contributed by atoms with Crippen molar-refractivity contribution in [2.24, 2.45) is 11.8 Å². The van der Waals surface area contributed by atoms with Gasteiger partial charge in [0.2, 0.25) is 0 Å². The lowest BCUT2D eigenvalue weighted by Gasteiger charge is -2.33. The molecule has 0 amide bonds. The smallest absolute Gasteiger partial charge is 0.126 e. The summed E-state index contributed by atoms with van der Waals surface area (Å²) in [6.45, 7) is 8.93. The summed E-state index contributed by atoms with van der Waals surface area (Å²) in [5.74, 6) is 2.87. The first-order valence-electron chi connectivity index (χ1n) is 8.00. The van der Waals surface area contributed by atoms with Crippen LogP contribution in [-0.4, -0.2) is 16.1 Å². The minimum Gasteiger partial charge on any atom is -0.334 e. The van der Waals surface area contributed by atoms with E-state index in [-0.39, 0.29) is 0 Å². The zero-order valence-electron chi connectivity index (χ0n) is 12.7. The monoisotopic (exact) mass is 263 g/mol. The number of aryl methyl sites for hydroxylation is 1. The molecule has 1 aromatic rings. The number of rotatable bonds is 6. The number of hydrogen-bond acceptors (Lipinski definition) is 2. The van der Waals surface area contributed by atoms with E-state index < -0.39 is 0 Å². The first-order chi connectivity index (χ1) is 9.26. The molecule has 3 heteroatoms. The van der Waals surface area contributed by atoms with Crippen LogP contribution >= 0.6 is 0 Å². The third-order valence-corrected chi connectivity index (χ3v) is 4.36. The Labute approximate surface area is 117 Å². The zero-order valence-corrected chi connectivity index (χ0v) is 12.7. The zero-order chi connectivity index (χ0) is 13.7. The summed E-state index contributed by atoms with van der Waals surface area (Å²) >= 11 is 0. The Morgan fingerprint density at radius 1 is 1.42 bits per heavy atom. The van der Waals surface area contributed by atoms with Crippen molar-refractivity contribution in [3.63, 3.8) is 0 Å². The van der Waals surface area contributed by atoms with Crippen molar-refractivity contribution in [2.75, 3.05) is 6.54 Å². The maximum atomic E-state index is 4.65. The Balaban J connectivity index is 2.16. The van der Waals surface area contributed by atoms with Gasteiger partial charge in [0.15, 0.2) is 0 Å². The van der Waals surface area contributed by atoms with Gasteiger partial charge in [-0.25, -0.2) is 4.98 Å². The molecule has 0 aliphatic heterocycles. The molecule has 1 aliphatic carbocycles. The fraction of sp³-hybridized carbons (Fsp3) is 0.812. The molecule has 0 spiro atoms. The van der Waals surface area contributed by atoms with Gasteiger partial charge in [0.1, 0.15) is 5.82 Å². The van der Waals surface area contributed by atoms with Crippen LogP contribution in [0.1, 0.15) is 64.7 Å². The summed E-state index contributed by atoms with van der Waals surface area (Å²) in [7, 11) is 0. The van der Waals surface area contributed by atoms with Crippen LogP contribution in [0.4, 0.5) is 0 Å². The van der Waals surface area contributed by atoms with Gasteiger partial charge < -0.3 is 9.88 Å². The molecule has 3 atom stereocenters. The first kappa shape index (κ1) is 14.6. The van der Waals surface area contributed by atoms with Gasteiger partial charge in [-0.15, -0.1) is 0 Å². The summed E-state index contributed by atoms with van der Waals surface area (Å²) in [6.07, 6.45) is 10.7. The summed E-state index contributed by atoms with van der Waals surface area (Å²) in [5, 5.41) is 3.69. The molecular formula is C16H29N3. The van der Waals surface area contributed by atoms with E-state index in [2.05, 4.69) is 41.8 Å². The Kier molecular flexibility index (Phi) is 5.44. The fourth-order valence-electron chi connectivity index (χ4n) is 3.50. The average molecular weight is 263 g/mol. The maximum absolute atomic E-state index is 4.65. The van der Waals surface area contributed by atoms with Gasteiger partial charge in [-0.05, 0) is 37.6 Å². The van der Waals surface area contributed by atoms with E-state index in [9.17, 15) is 0 Å². The normalized spacial score (nSPS) is 25.4. The second kappa shape index (κ2) is 7.09. The molecular weight excluding hydrogens is 234 g/mol. The predicted molar refractivity (Wildman–Crippen MR) is 80.1 cm³/mol. The fourth-order valence-corrected chi connectivity index (χ4v) is 3.50. The lowest BCUT2D eigenvalue weighted by Crippen LogP contribution is -2.33. The molecule has 3 nitrogen and oxygen atoms in total. The standard InChI is InChI=1S/C16H29N3/c1-4-10-19-11-9-18-16(19)15(17-5-2)14-8-6-7-13(3)12-14/h9,11,13-15,17H,4-8,10,12H2,1-3H3. The lowest BCUT2D eigenvalue weighted by molar-refractivity contribution is 0.216. The number of nitrogens with zero attached hydrogens (tertiary/aromatic N) is 2. The lowest BCUT2D eigenvalue weighted by atomic mass is 9.78. The second-order valence-electron chi connectivity index (χ2n) is 6.05. The van der Waals surface area contributed by atoms with Gasteiger partial charge in [0, 0.05) is 18.9 Å². The highest BCUT2D eigenvalue weighted by molar-refractivity contribution is 5.02. The minimum absolute atomic E-state index is 0.439. The average Bonchev–Trinajstić information content (AvgIpc) is 2.84. The quantitative estimate of drug-likeness (QED) is 0.846. The molecule has 1 aliphatic rings. The molecule has 1 N–H and O–H groups in total. The van der Waals surface area contributed by atoms with Crippen LogP contribution in [0, 0.1) is 11.8 Å². The summed E-state index contributed by atoms with van der Waals surface area (Å²) in [4.78, 5) is 4.65. The van der Waals surface area contributed by atoms with Crippen molar-refractivity contribution in [3.8, 4) is 0 Å². The first-order valence-corrected chi connectivity index (χ1v) is 8.00. The minimum atomic E-state index is 0.439. The Bertz CT molecular complexity index is 372. The van der Waals surface area contributed by atoms with Crippen LogP contribution in [0.3, 0.4) is 0 Å². The third kappa shape index (κ3) is 3.59. The Hall–Kier alpha value is -0.830. The molecule has 0 radical (unpaired) electrons. The van der Waals surface area contributed by atoms with Crippen molar-refractivity contribution in [1.29, 1.82) is 0 Å². The van der Waals surface area contributed by atoms with Crippen LogP contribution < -0.4 is 5.32 Å². The van der Waals surface area contributed by atoms with Crippen molar-refractivity contribution in [3.05, 3.63) is 18.2 Å². The SMILES string of the molecule is CCCn1ccnc1C(NCC)C1CCCC(C)C1. The van der Waals surface area contributed by atoms with Gasteiger partial charge in [-0.1, -0.05) is 33.6 Å². The van der Waals surface area contributed by atoms with E-state index in [0.717, 1.165) is 24.9 Å². The van der Waals surface area contributed by atoms with Gasteiger partial charge in [-0.2, -0.15) is 0 Å². The summed E-state index contributed by atoms with van der Waals surface area (Å²) < 4.78 is 2.34. The highest BCUT2D eigenvalue weighted by Gasteiger charge is 2.29. The van der Waals surface area contributed by atoms with Crippen molar-refractivity contribution in [2.45, 2.75) is 65.5 Å². The highest BCUT2D eigenvalue weighted by Crippen LogP contribution is 2.36. The second-order valence-corrected chi connectivity index (χ2v) is 6.05. The predicted octanol–water partition coefficient (Wildman–Crippen LogP) is 3.77. The van der Waals surface area contributed by atoms with Crippen molar-refractivity contribution < 1.29 is 0 Å². The largest absolute Gasteiger partial charge is 0.334 e. The molecule has 19 heavy (non-hydrogen) atoms. The van der Waals surface area contributed by atoms with Crippen LogP contribution in [-0.2, 0) is 6.54 Å². The molecule has 0 aromatic carbocycles. The van der Waals surface area contributed by atoms with Gasteiger partial charge in [0.05, 0.1) is 6.04 Å². The van der Waals surface area contributed by atoms with Crippen LogP contribution in [0.25, 0.3) is 0 Å². The van der Waals surface area contributed by atoms with E-state index in [0.29, 0.717) is 6.04 Å². The molecule has 1 heterocycles. The topological polar surface area (TPSA) is 29.9 Å². The highest BCUT2D eigenvalue weighted by atomic mass is 15.1. The number of aromatic nitrogens is 2. The summed E-state index contributed by atoms with van der Waals surface area (Å²) in [5.41, 5.74) is 0. The molecule has 1 saturated carbocycles. The Morgan fingerprint density at radius 2 is 2.26 bits per heavy atom. The van der Waals surface area contributed by atoms with E-state index in [1.54, 1.807) is 0 Å². The Morgan fingerprint density at radius 3 is 2.95 bits per heavy atom. The van der Waals surface area contributed by atoms with Gasteiger partial charge in [0.25, 0.3) is 0 Å². The van der Waals surface area contributed by atoms with Crippen LogP contribution in [0.5, 0.6) is 0 Å². The van der Waals surface area contributed by atoms with Crippen molar-refractivity contribution in [1.82, 2.24) is 14.9 Å². The molecule has 1 aromatic heterocycles. The van der Waals surface area contributed by atoms with Crippen molar-refractivity contribution >= 4 is 0 Å². The van der Waals surface area contributed by atoms with Gasteiger partial charge >= 0.3 is 0 Å². The van der Waals surface area contributed by atoms with E-state index in [1.165, 1.54) is 37.9 Å². The molecule has 0 saturated heterocycles. The summed E-state index contributed by atoms with van der Waals surface area (Å²) in [6, 6.07) is 0.439. The maximum Gasteiger partial charge on any atom is 0.126 e.